The summed E-state index contributed by atoms with van der Waals surface area (Å²) in [5, 5.41) is 12.7. The zero-order chi connectivity index (χ0) is 14.9. The van der Waals surface area contributed by atoms with Crippen molar-refractivity contribution in [3.05, 3.63) is 39.5 Å². The van der Waals surface area contributed by atoms with Gasteiger partial charge in [0.25, 0.3) is 10.0 Å². The quantitative estimate of drug-likeness (QED) is 0.893. The Bertz CT molecular complexity index is 791. The molecular weight excluding hydrogens is 368 g/mol. The third-order valence-corrected chi connectivity index (χ3v) is 4.81. The van der Waals surface area contributed by atoms with E-state index in [0.29, 0.717) is 4.47 Å². The number of rotatable bonds is 3. The normalized spacial score (nSPS) is 11.1. The molecule has 0 radical (unpaired) electrons. The van der Waals surface area contributed by atoms with Crippen molar-refractivity contribution in [1.29, 1.82) is 5.26 Å². The first-order valence-electron chi connectivity index (χ1n) is 5.25. The van der Waals surface area contributed by atoms with Gasteiger partial charge in [-0.25, -0.2) is 0 Å². The molecule has 9 heteroatoms. The fourth-order valence-corrected chi connectivity index (χ4v) is 3.69. The smallest absolute Gasteiger partial charge is 0.277 e. The molecule has 20 heavy (non-hydrogen) atoms. The van der Waals surface area contributed by atoms with Gasteiger partial charge in [-0.3, -0.25) is 9.40 Å². The van der Waals surface area contributed by atoms with Crippen LogP contribution >= 0.6 is 27.5 Å². The van der Waals surface area contributed by atoms with Crippen molar-refractivity contribution in [2.75, 3.05) is 4.72 Å². The molecule has 0 amide bonds. The summed E-state index contributed by atoms with van der Waals surface area (Å²) in [4.78, 5) is 0. The molecule has 2 aromatic rings. The summed E-state index contributed by atoms with van der Waals surface area (Å²) in [6.07, 6.45) is 1.24. The number of hydrogen-bond acceptors (Lipinski definition) is 4. The van der Waals surface area contributed by atoms with Gasteiger partial charge in [-0.05, 0) is 18.2 Å². The van der Waals surface area contributed by atoms with Crippen molar-refractivity contribution in [3.8, 4) is 6.07 Å². The number of aromatic nitrogens is 2. The molecule has 1 aromatic carbocycles. The van der Waals surface area contributed by atoms with E-state index in [9.17, 15) is 8.42 Å². The van der Waals surface area contributed by atoms with Gasteiger partial charge in [0.2, 0.25) is 0 Å². The summed E-state index contributed by atoms with van der Waals surface area (Å²) in [7, 11) is -2.46. The molecule has 0 aliphatic heterocycles. The van der Waals surface area contributed by atoms with Crippen molar-refractivity contribution in [2.24, 2.45) is 7.05 Å². The van der Waals surface area contributed by atoms with Gasteiger partial charge in [0.1, 0.15) is 6.07 Å². The fraction of sp³-hybridized carbons (Fsp3) is 0.0909. The molecule has 1 heterocycles. The van der Waals surface area contributed by atoms with Crippen LogP contribution in [0.25, 0.3) is 0 Å². The molecule has 104 valence electrons. The van der Waals surface area contributed by atoms with E-state index in [1.807, 2.05) is 6.07 Å². The fourth-order valence-electron chi connectivity index (χ4n) is 1.59. The lowest BCUT2D eigenvalue weighted by Crippen LogP contribution is -2.17. The lowest BCUT2D eigenvalue weighted by molar-refractivity contribution is 0.582. The number of sulfonamides is 1. The summed E-state index contributed by atoms with van der Waals surface area (Å²) in [6.45, 7) is 0. The molecule has 0 aliphatic carbocycles. The summed E-state index contributed by atoms with van der Waals surface area (Å²) >= 11 is 9.03. The number of nitrogens with zero attached hydrogens (tertiary/aromatic N) is 3. The first-order valence-corrected chi connectivity index (χ1v) is 7.90. The predicted molar refractivity (Wildman–Crippen MR) is 77.9 cm³/mol. The zero-order valence-corrected chi connectivity index (χ0v) is 13.3. The van der Waals surface area contributed by atoms with E-state index in [2.05, 4.69) is 25.8 Å². The molecule has 0 spiro atoms. The van der Waals surface area contributed by atoms with Crippen molar-refractivity contribution >= 4 is 43.2 Å². The lowest BCUT2D eigenvalue weighted by Gasteiger charge is -2.10. The minimum atomic E-state index is -3.92. The van der Waals surface area contributed by atoms with Crippen molar-refractivity contribution in [1.82, 2.24) is 9.78 Å². The van der Waals surface area contributed by atoms with E-state index < -0.39 is 10.0 Å². The van der Waals surface area contributed by atoms with E-state index in [-0.39, 0.29) is 21.3 Å². The Balaban J connectivity index is 2.47. The van der Waals surface area contributed by atoms with E-state index in [0.717, 1.165) is 4.68 Å². The Hall–Kier alpha value is -1.56. The van der Waals surface area contributed by atoms with Crippen molar-refractivity contribution in [3.63, 3.8) is 0 Å². The number of hydrogen-bond donors (Lipinski definition) is 1. The van der Waals surface area contributed by atoms with Crippen LogP contribution in [0.4, 0.5) is 5.69 Å². The van der Waals surface area contributed by atoms with E-state index in [4.69, 9.17) is 16.9 Å². The Labute approximate surface area is 129 Å². The highest BCUT2D eigenvalue weighted by Crippen LogP contribution is 2.26. The van der Waals surface area contributed by atoms with Gasteiger partial charge < -0.3 is 0 Å². The zero-order valence-electron chi connectivity index (χ0n) is 10.1. The Kier molecular flexibility index (Phi) is 4.04. The predicted octanol–water partition coefficient (Wildman–Crippen LogP) is 2.51. The molecule has 0 bridgehead atoms. The lowest BCUT2D eigenvalue weighted by atomic mass is 10.2. The van der Waals surface area contributed by atoms with Gasteiger partial charge >= 0.3 is 0 Å². The topological polar surface area (TPSA) is 87.8 Å². The maximum Gasteiger partial charge on any atom is 0.280 e. The molecule has 0 aliphatic rings. The second-order valence-corrected chi connectivity index (χ2v) is 6.75. The van der Waals surface area contributed by atoms with Gasteiger partial charge in [0, 0.05) is 11.5 Å². The summed E-state index contributed by atoms with van der Waals surface area (Å²) in [6, 6.07) is 6.56. The van der Waals surface area contributed by atoms with Gasteiger partial charge in [-0.1, -0.05) is 27.5 Å². The molecular formula is C11H8BrClN4O2S. The van der Waals surface area contributed by atoms with Crippen LogP contribution in [0.5, 0.6) is 0 Å². The van der Waals surface area contributed by atoms with Crippen LogP contribution in [-0.2, 0) is 17.1 Å². The first kappa shape index (κ1) is 14.8. The molecule has 0 unspecified atom stereocenters. The number of aryl methyl sites for hydroxylation is 1. The third kappa shape index (κ3) is 2.80. The highest BCUT2D eigenvalue weighted by molar-refractivity contribution is 9.10. The monoisotopic (exact) mass is 374 g/mol. The second kappa shape index (κ2) is 5.44. The van der Waals surface area contributed by atoms with Crippen molar-refractivity contribution < 1.29 is 8.42 Å². The average Bonchev–Trinajstić information content (AvgIpc) is 2.71. The molecule has 1 aromatic heterocycles. The largest absolute Gasteiger partial charge is 0.280 e. The number of benzene rings is 1. The molecule has 0 saturated heterocycles. The second-order valence-electron chi connectivity index (χ2n) is 3.83. The Morgan fingerprint density at radius 2 is 2.20 bits per heavy atom. The highest BCUT2D eigenvalue weighted by Gasteiger charge is 2.23. The van der Waals surface area contributed by atoms with E-state index in [1.54, 1.807) is 6.07 Å². The van der Waals surface area contributed by atoms with Crippen LogP contribution in [0.3, 0.4) is 0 Å². The van der Waals surface area contributed by atoms with Gasteiger partial charge in [-0.15, -0.1) is 0 Å². The van der Waals surface area contributed by atoms with Gasteiger partial charge in [0.15, 0.2) is 5.03 Å². The maximum atomic E-state index is 12.3. The molecule has 0 atom stereocenters. The van der Waals surface area contributed by atoms with Crippen LogP contribution in [0.15, 0.2) is 33.9 Å². The standard InChI is InChI=1S/C11H8BrClN4O2S/c1-17-11(9(13)6-15-17)20(18,19)16-10-3-2-8(12)4-7(10)5-14/h2-4,6,16H,1H3. The summed E-state index contributed by atoms with van der Waals surface area (Å²) in [5.41, 5.74) is 0.370. The number of nitriles is 1. The summed E-state index contributed by atoms with van der Waals surface area (Å²) < 4.78 is 28.7. The Morgan fingerprint density at radius 1 is 1.50 bits per heavy atom. The van der Waals surface area contributed by atoms with Gasteiger partial charge in [0.05, 0.1) is 22.5 Å². The average molecular weight is 376 g/mol. The number of anilines is 1. The van der Waals surface area contributed by atoms with Crippen LogP contribution in [0.2, 0.25) is 5.02 Å². The molecule has 0 saturated carbocycles. The van der Waals surface area contributed by atoms with Crippen molar-refractivity contribution in [2.45, 2.75) is 5.03 Å². The van der Waals surface area contributed by atoms with Crippen LogP contribution < -0.4 is 4.72 Å². The minimum Gasteiger partial charge on any atom is -0.277 e. The number of halogens is 2. The minimum absolute atomic E-state index is 0.00983. The van der Waals surface area contributed by atoms with E-state index >= 15 is 0 Å². The number of nitrogens with one attached hydrogen (secondary N) is 1. The van der Waals surface area contributed by atoms with Gasteiger partial charge in [-0.2, -0.15) is 18.8 Å². The summed E-state index contributed by atoms with van der Waals surface area (Å²) in [5.74, 6) is 0. The highest BCUT2D eigenvalue weighted by atomic mass is 79.9. The van der Waals surface area contributed by atoms with Crippen LogP contribution in [0, 0.1) is 11.3 Å². The maximum absolute atomic E-state index is 12.3. The molecule has 2 rings (SSSR count). The molecule has 6 nitrogen and oxygen atoms in total. The molecule has 0 fully saturated rings. The van der Waals surface area contributed by atoms with Crippen LogP contribution in [-0.4, -0.2) is 18.2 Å². The third-order valence-electron chi connectivity index (χ3n) is 2.44. The first-order chi connectivity index (χ1) is 9.35. The SMILES string of the molecule is Cn1ncc(Cl)c1S(=O)(=O)Nc1ccc(Br)cc1C#N. The van der Waals surface area contributed by atoms with E-state index in [1.165, 1.54) is 25.4 Å². The van der Waals surface area contributed by atoms with Crippen LogP contribution in [0.1, 0.15) is 5.56 Å². The molecule has 1 N–H and O–H groups in total. The Morgan fingerprint density at radius 3 is 2.75 bits per heavy atom.